The van der Waals surface area contributed by atoms with Gasteiger partial charge < -0.3 is 19.1 Å². The van der Waals surface area contributed by atoms with Crippen LogP contribution in [0.25, 0.3) is 0 Å². The number of hydrogen-bond donors (Lipinski definition) is 1. The Labute approximate surface area is 228 Å². The van der Waals surface area contributed by atoms with E-state index < -0.39 is 5.92 Å². The van der Waals surface area contributed by atoms with Crippen LogP contribution in [0.5, 0.6) is 11.5 Å². The molecule has 1 heterocycles. The van der Waals surface area contributed by atoms with Crippen molar-refractivity contribution in [3.63, 3.8) is 0 Å². The van der Waals surface area contributed by atoms with Crippen LogP contribution in [0.2, 0.25) is 0 Å². The highest BCUT2D eigenvalue weighted by Crippen LogP contribution is 2.58. The quantitative estimate of drug-likeness (QED) is 0.355. The molecular weight excluding hydrogens is 494 g/mol. The summed E-state index contributed by atoms with van der Waals surface area (Å²) in [5.41, 5.74) is 5.45. The number of morpholine rings is 1. The van der Waals surface area contributed by atoms with Crippen molar-refractivity contribution >= 4 is 18.0 Å². The fourth-order valence-electron chi connectivity index (χ4n) is 5.73. The molecule has 3 aromatic rings. The molecule has 0 aromatic heterocycles. The summed E-state index contributed by atoms with van der Waals surface area (Å²) in [4.78, 5) is 29.5. The van der Waals surface area contributed by atoms with Gasteiger partial charge in [0.1, 0.15) is 0 Å². The first kappa shape index (κ1) is 26.4. The predicted molar refractivity (Wildman–Crippen MR) is 148 cm³/mol. The summed E-state index contributed by atoms with van der Waals surface area (Å²) < 4.78 is 16.1. The number of carbonyl (C=O) groups excluding carboxylic acids is 2. The molecule has 3 aromatic carbocycles. The Morgan fingerprint density at radius 3 is 2.00 bits per heavy atom. The van der Waals surface area contributed by atoms with Gasteiger partial charge in [-0.2, -0.15) is 5.10 Å². The molecule has 1 aliphatic carbocycles. The van der Waals surface area contributed by atoms with E-state index in [9.17, 15) is 9.59 Å². The Kier molecular flexibility index (Phi) is 8.22. The Bertz CT molecular complexity index is 1260. The highest BCUT2D eigenvalue weighted by atomic mass is 16.5. The van der Waals surface area contributed by atoms with Crippen molar-refractivity contribution in [3.05, 3.63) is 95.6 Å². The predicted octanol–water partition coefficient (Wildman–Crippen LogP) is 3.83. The molecule has 1 N–H and O–H groups in total. The SMILES string of the molecule is COc1ccc(/C=N/NC(=O)C2C(c3ccccc3)C(C(=O)N3CCOCC3)C2c2ccccc2)cc1OC. The van der Waals surface area contributed by atoms with Gasteiger partial charge in [-0.15, -0.1) is 0 Å². The lowest BCUT2D eigenvalue weighted by Gasteiger charge is -2.52. The Morgan fingerprint density at radius 2 is 1.44 bits per heavy atom. The van der Waals surface area contributed by atoms with Crippen LogP contribution in [0.15, 0.2) is 84.0 Å². The number of rotatable bonds is 8. The van der Waals surface area contributed by atoms with Crippen molar-refractivity contribution < 1.29 is 23.8 Å². The maximum Gasteiger partial charge on any atom is 0.244 e. The molecule has 5 rings (SSSR count). The highest BCUT2D eigenvalue weighted by molar-refractivity contribution is 5.91. The van der Waals surface area contributed by atoms with Crippen LogP contribution < -0.4 is 14.9 Å². The second-order valence-electron chi connectivity index (χ2n) is 9.71. The average molecular weight is 528 g/mol. The topological polar surface area (TPSA) is 89.5 Å². The van der Waals surface area contributed by atoms with Gasteiger partial charge in [-0.1, -0.05) is 60.7 Å². The average Bonchev–Trinajstić information content (AvgIpc) is 2.98. The van der Waals surface area contributed by atoms with Crippen LogP contribution in [0, 0.1) is 11.8 Å². The number of amides is 2. The van der Waals surface area contributed by atoms with Gasteiger partial charge in [0.05, 0.1) is 45.5 Å². The first-order valence-electron chi connectivity index (χ1n) is 13.1. The zero-order valence-electron chi connectivity index (χ0n) is 22.2. The summed E-state index contributed by atoms with van der Waals surface area (Å²) >= 11 is 0. The third-order valence-electron chi connectivity index (χ3n) is 7.62. The zero-order valence-corrected chi connectivity index (χ0v) is 22.2. The van der Waals surface area contributed by atoms with Crippen LogP contribution in [0.3, 0.4) is 0 Å². The number of benzene rings is 3. The second kappa shape index (κ2) is 12.1. The molecule has 0 spiro atoms. The third-order valence-corrected chi connectivity index (χ3v) is 7.62. The standard InChI is InChI=1S/C31H33N3O5/c1-37-24-14-13-21(19-25(24)38-2)20-32-33-30(35)28-26(22-9-5-3-6-10-22)29(27(28)23-11-7-4-8-12-23)31(36)34-15-17-39-18-16-34/h3-14,19-20,26-29H,15-18H2,1-2H3,(H,33,35)/b32-20+. The summed E-state index contributed by atoms with van der Waals surface area (Å²) in [5.74, 6) is -0.346. The number of nitrogens with one attached hydrogen (secondary N) is 1. The number of carbonyl (C=O) groups is 2. The first-order valence-corrected chi connectivity index (χ1v) is 13.1. The molecule has 202 valence electrons. The van der Waals surface area contributed by atoms with E-state index >= 15 is 0 Å². The largest absolute Gasteiger partial charge is 0.493 e. The lowest BCUT2D eigenvalue weighted by Crippen LogP contribution is -2.57. The molecule has 39 heavy (non-hydrogen) atoms. The Morgan fingerprint density at radius 1 is 0.846 bits per heavy atom. The van der Waals surface area contributed by atoms with Crippen molar-refractivity contribution in [2.24, 2.45) is 16.9 Å². The molecule has 2 fully saturated rings. The number of methoxy groups -OCH3 is 2. The molecule has 8 heteroatoms. The molecule has 8 nitrogen and oxygen atoms in total. The molecule has 1 saturated heterocycles. The smallest absolute Gasteiger partial charge is 0.244 e. The lowest BCUT2D eigenvalue weighted by atomic mass is 9.51. The zero-order chi connectivity index (χ0) is 27.2. The monoisotopic (exact) mass is 527 g/mol. The fourth-order valence-corrected chi connectivity index (χ4v) is 5.73. The minimum atomic E-state index is -0.465. The summed E-state index contributed by atoms with van der Waals surface area (Å²) in [6.45, 7) is 2.17. The van der Waals surface area contributed by atoms with Crippen molar-refractivity contribution in [1.82, 2.24) is 10.3 Å². The van der Waals surface area contributed by atoms with Gasteiger partial charge in [0.2, 0.25) is 11.8 Å². The van der Waals surface area contributed by atoms with Crippen molar-refractivity contribution in [3.8, 4) is 11.5 Å². The van der Waals surface area contributed by atoms with Gasteiger partial charge >= 0.3 is 0 Å². The van der Waals surface area contributed by atoms with E-state index in [1.54, 1.807) is 32.6 Å². The summed E-state index contributed by atoms with van der Waals surface area (Å²) in [6.07, 6.45) is 1.57. The van der Waals surface area contributed by atoms with Gasteiger partial charge in [0.15, 0.2) is 11.5 Å². The number of ether oxygens (including phenoxy) is 3. The van der Waals surface area contributed by atoms with Gasteiger partial charge in [-0.05, 0) is 34.9 Å². The van der Waals surface area contributed by atoms with Crippen LogP contribution >= 0.6 is 0 Å². The molecule has 1 aliphatic heterocycles. The molecule has 2 aliphatic rings. The van der Waals surface area contributed by atoms with Gasteiger partial charge in [-0.3, -0.25) is 9.59 Å². The van der Waals surface area contributed by atoms with E-state index in [0.29, 0.717) is 37.8 Å². The third kappa shape index (κ3) is 5.52. The summed E-state index contributed by atoms with van der Waals surface area (Å²) in [7, 11) is 3.15. The van der Waals surface area contributed by atoms with E-state index in [4.69, 9.17) is 14.2 Å². The first-order chi connectivity index (χ1) is 19.1. The lowest BCUT2D eigenvalue weighted by molar-refractivity contribution is -0.151. The van der Waals surface area contributed by atoms with Crippen molar-refractivity contribution in [1.29, 1.82) is 0 Å². The van der Waals surface area contributed by atoms with Crippen molar-refractivity contribution in [2.45, 2.75) is 11.8 Å². The molecule has 2 unspecified atom stereocenters. The van der Waals surface area contributed by atoms with Gasteiger partial charge in [0, 0.05) is 24.9 Å². The number of hydrogen-bond acceptors (Lipinski definition) is 6. The highest BCUT2D eigenvalue weighted by Gasteiger charge is 2.58. The number of nitrogens with zero attached hydrogens (tertiary/aromatic N) is 2. The Balaban J connectivity index is 1.44. The van der Waals surface area contributed by atoms with E-state index in [0.717, 1.165) is 16.7 Å². The van der Waals surface area contributed by atoms with Gasteiger partial charge in [0.25, 0.3) is 0 Å². The fraction of sp³-hybridized carbons (Fsp3) is 0.323. The van der Waals surface area contributed by atoms with Gasteiger partial charge in [-0.25, -0.2) is 5.43 Å². The molecule has 1 saturated carbocycles. The summed E-state index contributed by atoms with van der Waals surface area (Å²) in [6, 6.07) is 25.1. The minimum absolute atomic E-state index is 0.0684. The number of hydrazone groups is 1. The maximum absolute atomic E-state index is 13.9. The second-order valence-corrected chi connectivity index (χ2v) is 9.71. The van der Waals surface area contributed by atoms with E-state index in [-0.39, 0.29) is 29.6 Å². The molecule has 2 atom stereocenters. The van der Waals surface area contributed by atoms with Crippen LogP contribution in [-0.2, 0) is 14.3 Å². The van der Waals surface area contributed by atoms with Crippen LogP contribution in [0.1, 0.15) is 28.5 Å². The molecule has 2 amide bonds. The molecular formula is C31H33N3O5. The van der Waals surface area contributed by atoms with Crippen LogP contribution in [-0.4, -0.2) is 63.5 Å². The molecule has 0 radical (unpaired) electrons. The van der Waals surface area contributed by atoms with E-state index in [2.05, 4.69) is 10.5 Å². The molecule has 0 bridgehead atoms. The van der Waals surface area contributed by atoms with Crippen LogP contribution in [0.4, 0.5) is 0 Å². The van der Waals surface area contributed by atoms with E-state index in [1.165, 1.54) is 0 Å². The Hall–Kier alpha value is -4.17. The normalized spacial score (nSPS) is 22.7. The van der Waals surface area contributed by atoms with E-state index in [1.807, 2.05) is 71.6 Å². The van der Waals surface area contributed by atoms with Crippen molar-refractivity contribution in [2.75, 3.05) is 40.5 Å². The summed E-state index contributed by atoms with van der Waals surface area (Å²) in [5, 5.41) is 4.26. The maximum atomic E-state index is 13.9. The minimum Gasteiger partial charge on any atom is -0.493 e.